The van der Waals surface area contributed by atoms with Crippen molar-refractivity contribution in [2.24, 2.45) is 0 Å². The lowest BCUT2D eigenvalue weighted by Crippen LogP contribution is -1.80. The molecule has 0 unspecified atom stereocenters. The molecule has 0 aromatic rings. The van der Waals surface area contributed by atoms with Crippen LogP contribution in [0, 0.1) is 0 Å². The summed E-state index contributed by atoms with van der Waals surface area (Å²) in [5.41, 5.74) is 0. The lowest BCUT2D eigenvalue weighted by Gasteiger charge is -2.00. The molecule has 1 heteroatoms. The van der Waals surface area contributed by atoms with Crippen LogP contribution in [0.2, 0.25) is 0 Å². The molecule has 0 amide bonds. The molecule has 0 aliphatic heterocycles. The topological polar surface area (TPSA) is 17.1 Å². The van der Waals surface area contributed by atoms with Crippen LogP contribution in [0.1, 0.15) is 77.6 Å². The van der Waals surface area contributed by atoms with Crippen molar-refractivity contribution in [2.45, 2.75) is 77.6 Å². The number of carbonyl (C=O) groups excluding carboxylic acids is 1. The number of allylic oxidation sites excluding steroid dienone is 2. The first-order chi connectivity index (χ1) is 7.91. The predicted octanol–water partition coefficient (Wildman–Crippen LogP) is 5.05. The molecule has 0 saturated carbocycles. The monoisotopic (exact) mass is 224 g/mol. The SMILES string of the molecule is CCCCCCCCCCC/C=C/CC=O. The molecular weight excluding hydrogens is 196 g/mol. The summed E-state index contributed by atoms with van der Waals surface area (Å²) < 4.78 is 0. The Balaban J connectivity index is 2.95. The summed E-state index contributed by atoms with van der Waals surface area (Å²) in [6.45, 7) is 2.26. The van der Waals surface area contributed by atoms with Gasteiger partial charge in [0.15, 0.2) is 0 Å². The van der Waals surface area contributed by atoms with Gasteiger partial charge in [0.25, 0.3) is 0 Å². The van der Waals surface area contributed by atoms with E-state index in [1.165, 1.54) is 57.8 Å². The van der Waals surface area contributed by atoms with E-state index in [0.29, 0.717) is 6.42 Å². The first-order valence-corrected chi connectivity index (χ1v) is 7.00. The molecule has 0 aromatic heterocycles. The minimum Gasteiger partial charge on any atom is -0.303 e. The third kappa shape index (κ3) is 13.4. The van der Waals surface area contributed by atoms with E-state index < -0.39 is 0 Å². The van der Waals surface area contributed by atoms with E-state index in [2.05, 4.69) is 13.0 Å². The molecular formula is C15H28O. The van der Waals surface area contributed by atoms with E-state index >= 15 is 0 Å². The number of aldehydes is 1. The van der Waals surface area contributed by atoms with Gasteiger partial charge < -0.3 is 4.79 Å². The molecule has 0 aliphatic rings. The maximum absolute atomic E-state index is 10.0. The predicted molar refractivity (Wildman–Crippen MR) is 71.7 cm³/mol. The highest BCUT2D eigenvalue weighted by Crippen LogP contribution is 2.10. The van der Waals surface area contributed by atoms with Gasteiger partial charge in [-0.05, 0) is 12.8 Å². The standard InChI is InChI=1S/C15H28O/c1-2-3-4-5-6-7-8-9-10-11-12-13-14-15-16/h12-13,15H,2-11,14H2,1H3/b13-12+. The Kier molecular flexibility index (Phi) is 13.9. The minimum atomic E-state index is 0.581. The van der Waals surface area contributed by atoms with Gasteiger partial charge in [0.1, 0.15) is 6.29 Å². The Morgan fingerprint density at radius 2 is 1.31 bits per heavy atom. The first kappa shape index (κ1) is 15.4. The Hall–Kier alpha value is -0.590. The van der Waals surface area contributed by atoms with Crippen LogP contribution in [0.5, 0.6) is 0 Å². The fourth-order valence-corrected chi connectivity index (χ4v) is 1.84. The van der Waals surface area contributed by atoms with Crippen LogP contribution in [0.15, 0.2) is 12.2 Å². The highest BCUT2D eigenvalue weighted by Gasteiger charge is 1.90. The van der Waals surface area contributed by atoms with E-state index in [9.17, 15) is 4.79 Å². The second-order valence-electron chi connectivity index (χ2n) is 4.49. The second-order valence-corrected chi connectivity index (χ2v) is 4.49. The maximum Gasteiger partial charge on any atom is 0.123 e. The average molecular weight is 224 g/mol. The molecule has 0 bridgehead atoms. The van der Waals surface area contributed by atoms with Gasteiger partial charge >= 0.3 is 0 Å². The van der Waals surface area contributed by atoms with Crippen molar-refractivity contribution in [3.05, 3.63) is 12.2 Å². The van der Waals surface area contributed by atoms with Crippen LogP contribution in [0.3, 0.4) is 0 Å². The summed E-state index contributed by atoms with van der Waals surface area (Å²) in [5.74, 6) is 0. The van der Waals surface area contributed by atoms with E-state index in [4.69, 9.17) is 0 Å². The van der Waals surface area contributed by atoms with Crippen LogP contribution < -0.4 is 0 Å². The van der Waals surface area contributed by atoms with Gasteiger partial charge in [-0.2, -0.15) is 0 Å². The maximum atomic E-state index is 10.0. The molecule has 0 saturated heterocycles. The summed E-state index contributed by atoms with van der Waals surface area (Å²) in [4.78, 5) is 10.0. The number of unbranched alkanes of at least 4 members (excludes halogenated alkanes) is 9. The van der Waals surface area contributed by atoms with Crippen molar-refractivity contribution < 1.29 is 4.79 Å². The average Bonchev–Trinajstić information content (AvgIpc) is 2.31. The van der Waals surface area contributed by atoms with Crippen molar-refractivity contribution in [1.29, 1.82) is 0 Å². The lowest BCUT2D eigenvalue weighted by molar-refractivity contribution is -0.107. The van der Waals surface area contributed by atoms with Crippen molar-refractivity contribution in [1.82, 2.24) is 0 Å². The zero-order valence-electron chi connectivity index (χ0n) is 10.9. The largest absolute Gasteiger partial charge is 0.303 e. The van der Waals surface area contributed by atoms with Crippen LogP contribution in [0.25, 0.3) is 0 Å². The van der Waals surface area contributed by atoms with Crippen molar-refractivity contribution in [2.75, 3.05) is 0 Å². The molecule has 0 fully saturated rings. The molecule has 1 nitrogen and oxygen atoms in total. The second kappa shape index (κ2) is 14.4. The van der Waals surface area contributed by atoms with Crippen molar-refractivity contribution in [3.8, 4) is 0 Å². The van der Waals surface area contributed by atoms with Gasteiger partial charge in [-0.25, -0.2) is 0 Å². The summed E-state index contributed by atoms with van der Waals surface area (Å²) >= 11 is 0. The van der Waals surface area contributed by atoms with Gasteiger partial charge in [-0.15, -0.1) is 0 Å². The van der Waals surface area contributed by atoms with Gasteiger partial charge in [0.05, 0.1) is 0 Å². The Morgan fingerprint density at radius 1 is 0.750 bits per heavy atom. The molecule has 0 aliphatic carbocycles. The molecule has 0 heterocycles. The molecule has 0 rings (SSSR count). The lowest BCUT2D eigenvalue weighted by atomic mass is 10.1. The molecule has 94 valence electrons. The van der Waals surface area contributed by atoms with Crippen molar-refractivity contribution >= 4 is 6.29 Å². The summed E-state index contributed by atoms with van der Waals surface area (Å²) in [7, 11) is 0. The van der Waals surface area contributed by atoms with Crippen LogP contribution in [-0.4, -0.2) is 6.29 Å². The van der Waals surface area contributed by atoms with Gasteiger partial charge in [-0.3, -0.25) is 0 Å². The fraction of sp³-hybridized carbons (Fsp3) is 0.800. The number of rotatable bonds is 12. The zero-order chi connectivity index (χ0) is 11.9. The Labute approximate surface area is 101 Å². The quantitative estimate of drug-likeness (QED) is 0.257. The highest BCUT2D eigenvalue weighted by molar-refractivity contribution is 5.51. The number of hydrogen-bond acceptors (Lipinski definition) is 1. The highest BCUT2D eigenvalue weighted by atomic mass is 16.1. The number of hydrogen-bond donors (Lipinski definition) is 0. The molecule has 0 spiro atoms. The molecule has 16 heavy (non-hydrogen) atoms. The summed E-state index contributed by atoms with van der Waals surface area (Å²) in [6.07, 6.45) is 19.2. The van der Waals surface area contributed by atoms with Gasteiger partial charge in [0.2, 0.25) is 0 Å². The summed E-state index contributed by atoms with van der Waals surface area (Å²) in [5, 5.41) is 0. The van der Waals surface area contributed by atoms with E-state index in [0.717, 1.165) is 12.7 Å². The molecule has 0 radical (unpaired) electrons. The van der Waals surface area contributed by atoms with Crippen LogP contribution in [-0.2, 0) is 4.79 Å². The van der Waals surface area contributed by atoms with Crippen LogP contribution in [0.4, 0.5) is 0 Å². The van der Waals surface area contributed by atoms with E-state index in [1.54, 1.807) is 0 Å². The molecule has 0 atom stereocenters. The fourth-order valence-electron chi connectivity index (χ4n) is 1.84. The molecule has 0 N–H and O–H groups in total. The van der Waals surface area contributed by atoms with E-state index in [-0.39, 0.29) is 0 Å². The summed E-state index contributed by atoms with van der Waals surface area (Å²) in [6, 6.07) is 0. The van der Waals surface area contributed by atoms with E-state index in [1.807, 2.05) is 6.08 Å². The minimum absolute atomic E-state index is 0.581. The third-order valence-corrected chi connectivity index (χ3v) is 2.87. The zero-order valence-corrected chi connectivity index (χ0v) is 10.9. The van der Waals surface area contributed by atoms with Crippen molar-refractivity contribution in [3.63, 3.8) is 0 Å². The van der Waals surface area contributed by atoms with Gasteiger partial charge in [0, 0.05) is 6.42 Å². The smallest absolute Gasteiger partial charge is 0.123 e. The Morgan fingerprint density at radius 3 is 1.88 bits per heavy atom. The number of carbonyl (C=O) groups is 1. The molecule has 0 aromatic carbocycles. The first-order valence-electron chi connectivity index (χ1n) is 7.00. The third-order valence-electron chi connectivity index (χ3n) is 2.87. The Bertz CT molecular complexity index is 161. The normalized spacial score (nSPS) is 11.1. The van der Waals surface area contributed by atoms with Crippen LogP contribution >= 0.6 is 0 Å². The van der Waals surface area contributed by atoms with Gasteiger partial charge in [-0.1, -0.05) is 70.4 Å².